The van der Waals surface area contributed by atoms with E-state index in [1.165, 1.54) is 18.2 Å². The number of hydrogen-bond acceptors (Lipinski definition) is 3. The Labute approximate surface area is 123 Å². The lowest BCUT2D eigenvalue weighted by Gasteiger charge is -2.23. The fraction of sp³-hybridized carbons (Fsp3) is 0.462. The van der Waals surface area contributed by atoms with E-state index in [1.807, 2.05) is 0 Å². The van der Waals surface area contributed by atoms with Crippen LogP contribution in [-0.4, -0.2) is 24.7 Å². The Morgan fingerprint density at radius 2 is 1.90 bits per heavy atom. The minimum absolute atomic E-state index is 0.0151. The van der Waals surface area contributed by atoms with Crippen molar-refractivity contribution < 1.29 is 18.3 Å². The molecule has 5 nitrogen and oxygen atoms in total. The zero-order valence-electron chi connectivity index (χ0n) is 10.8. The van der Waals surface area contributed by atoms with Gasteiger partial charge in [-0.05, 0) is 25.0 Å². The first-order valence-electron chi connectivity index (χ1n) is 6.45. The molecule has 0 aromatic heterocycles. The average Bonchev–Trinajstić information content (AvgIpc) is 2.39. The first kappa shape index (κ1) is 15.1. The number of anilines is 1. The van der Waals surface area contributed by atoms with Gasteiger partial charge in [-0.15, -0.1) is 0 Å². The van der Waals surface area contributed by atoms with Crippen LogP contribution in [0.4, 0.5) is 5.69 Å². The maximum atomic E-state index is 12.3. The van der Waals surface area contributed by atoms with Crippen molar-refractivity contribution in [3.63, 3.8) is 0 Å². The number of halogens is 1. The van der Waals surface area contributed by atoms with Gasteiger partial charge < -0.3 is 5.11 Å². The molecule has 0 radical (unpaired) electrons. The van der Waals surface area contributed by atoms with Crippen LogP contribution in [0.2, 0.25) is 5.02 Å². The van der Waals surface area contributed by atoms with Crippen molar-refractivity contribution in [1.29, 1.82) is 0 Å². The molecule has 0 spiro atoms. The number of hydrogen-bond donors (Lipinski definition) is 2. The summed E-state index contributed by atoms with van der Waals surface area (Å²) < 4.78 is 27.0. The Hall–Kier alpha value is -1.27. The second-order valence-electron chi connectivity index (χ2n) is 4.87. The summed E-state index contributed by atoms with van der Waals surface area (Å²) in [6.45, 7) is 0. The van der Waals surface area contributed by atoms with Gasteiger partial charge in [-0.25, -0.2) is 13.2 Å². The molecule has 2 rings (SSSR count). The van der Waals surface area contributed by atoms with Crippen LogP contribution in [0.15, 0.2) is 18.2 Å². The molecule has 1 saturated carbocycles. The maximum Gasteiger partial charge on any atom is 0.339 e. The standard InChI is InChI=1S/C13H16ClNO4S/c14-10-7-4-8-11(12(10)13(16)17)15-20(18,19)9-5-2-1-3-6-9/h4,7-9,15H,1-3,5-6H2,(H,16,17). The minimum Gasteiger partial charge on any atom is -0.478 e. The first-order chi connectivity index (χ1) is 9.42. The van der Waals surface area contributed by atoms with Crippen molar-refractivity contribution in [2.75, 3.05) is 4.72 Å². The van der Waals surface area contributed by atoms with E-state index in [0.29, 0.717) is 12.8 Å². The number of carboxylic acid groups (broad SMARTS) is 1. The molecule has 0 aliphatic heterocycles. The van der Waals surface area contributed by atoms with Gasteiger partial charge >= 0.3 is 5.97 Å². The van der Waals surface area contributed by atoms with Crippen LogP contribution in [0.3, 0.4) is 0 Å². The van der Waals surface area contributed by atoms with E-state index in [2.05, 4.69) is 4.72 Å². The summed E-state index contributed by atoms with van der Waals surface area (Å²) in [5.41, 5.74) is -0.191. The molecule has 1 fully saturated rings. The van der Waals surface area contributed by atoms with Crippen molar-refractivity contribution in [2.45, 2.75) is 37.4 Å². The lowest BCUT2D eigenvalue weighted by Crippen LogP contribution is -2.30. The molecule has 2 N–H and O–H groups in total. The predicted octanol–water partition coefficient (Wildman–Crippen LogP) is 3.11. The Bertz CT molecular complexity index is 609. The monoisotopic (exact) mass is 317 g/mol. The molecule has 0 heterocycles. The molecule has 0 amide bonds. The highest BCUT2D eigenvalue weighted by Gasteiger charge is 2.28. The summed E-state index contributed by atoms with van der Waals surface area (Å²) in [7, 11) is -3.58. The molecule has 0 bridgehead atoms. The summed E-state index contributed by atoms with van der Waals surface area (Å²) in [4.78, 5) is 11.2. The van der Waals surface area contributed by atoms with Crippen LogP contribution in [0.25, 0.3) is 0 Å². The second kappa shape index (κ2) is 6.01. The van der Waals surface area contributed by atoms with Crippen LogP contribution >= 0.6 is 11.6 Å². The fourth-order valence-corrected chi connectivity index (χ4v) is 4.29. The Morgan fingerprint density at radius 3 is 2.50 bits per heavy atom. The Morgan fingerprint density at radius 1 is 1.25 bits per heavy atom. The normalized spacial score (nSPS) is 16.9. The lowest BCUT2D eigenvalue weighted by molar-refractivity contribution is 0.0698. The average molecular weight is 318 g/mol. The highest BCUT2D eigenvalue weighted by molar-refractivity contribution is 7.93. The number of sulfonamides is 1. The minimum atomic E-state index is -3.58. The van der Waals surface area contributed by atoms with E-state index in [4.69, 9.17) is 16.7 Å². The molecule has 0 unspecified atom stereocenters. The number of carbonyl (C=O) groups is 1. The van der Waals surface area contributed by atoms with Crippen LogP contribution in [-0.2, 0) is 10.0 Å². The van der Waals surface area contributed by atoms with Crippen LogP contribution in [0.5, 0.6) is 0 Å². The third-order valence-corrected chi connectivity index (χ3v) is 5.64. The van der Waals surface area contributed by atoms with E-state index < -0.39 is 21.2 Å². The van der Waals surface area contributed by atoms with E-state index >= 15 is 0 Å². The zero-order chi connectivity index (χ0) is 14.8. The van der Waals surface area contributed by atoms with Gasteiger partial charge in [-0.1, -0.05) is 36.9 Å². The van der Waals surface area contributed by atoms with Crippen molar-refractivity contribution in [2.24, 2.45) is 0 Å². The van der Waals surface area contributed by atoms with Gasteiger partial charge in [0.2, 0.25) is 10.0 Å². The third kappa shape index (κ3) is 3.24. The predicted molar refractivity (Wildman–Crippen MR) is 77.8 cm³/mol. The third-order valence-electron chi connectivity index (χ3n) is 3.47. The first-order valence-corrected chi connectivity index (χ1v) is 8.37. The molecule has 0 atom stereocenters. The number of nitrogens with one attached hydrogen (secondary N) is 1. The number of aromatic carboxylic acids is 1. The zero-order valence-corrected chi connectivity index (χ0v) is 12.4. The highest BCUT2D eigenvalue weighted by atomic mass is 35.5. The summed E-state index contributed by atoms with van der Waals surface area (Å²) in [6.07, 6.45) is 4.03. The molecular weight excluding hydrogens is 302 g/mol. The summed E-state index contributed by atoms with van der Waals surface area (Å²) >= 11 is 5.82. The fourth-order valence-electron chi connectivity index (χ4n) is 2.44. The number of benzene rings is 1. The SMILES string of the molecule is O=C(O)c1c(Cl)cccc1NS(=O)(=O)C1CCCCC1. The Kier molecular flexibility index (Phi) is 4.55. The summed E-state index contributed by atoms with van der Waals surface area (Å²) in [5, 5.41) is 8.69. The summed E-state index contributed by atoms with van der Waals surface area (Å²) in [5.74, 6) is -1.25. The molecule has 1 aliphatic rings. The number of carboxylic acids is 1. The van der Waals surface area contributed by atoms with Gasteiger partial charge in [0.25, 0.3) is 0 Å². The molecule has 1 aromatic carbocycles. The van der Waals surface area contributed by atoms with Gasteiger partial charge in [0.15, 0.2) is 0 Å². The van der Waals surface area contributed by atoms with Crippen LogP contribution in [0, 0.1) is 0 Å². The molecular formula is C13H16ClNO4S. The maximum absolute atomic E-state index is 12.3. The van der Waals surface area contributed by atoms with E-state index in [0.717, 1.165) is 19.3 Å². The lowest BCUT2D eigenvalue weighted by atomic mass is 10.0. The van der Waals surface area contributed by atoms with Crippen molar-refractivity contribution in [1.82, 2.24) is 0 Å². The quantitative estimate of drug-likeness (QED) is 0.893. The van der Waals surface area contributed by atoms with Gasteiger partial charge in [0.05, 0.1) is 16.0 Å². The number of rotatable bonds is 4. The van der Waals surface area contributed by atoms with Crippen molar-refractivity contribution >= 4 is 33.3 Å². The van der Waals surface area contributed by atoms with E-state index in [1.54, 1.807) is 0 Å². The molecule has 110 valence electrons. The summed E-state index contributed by atoms with van der Waals surface area (Å²) in [6, 6.07) is 4.35. The largest absolute Gasteiger partial charge is 0.478 e. The topological polar surface area (TPSA) is 83.5 Å². The van der Waals surface area contributed by atoms with E-state index in [9.17, 15) is 13.2 Å². The van der Waals surface area contributed by atoms with E-state index in [-0.39, 0.29) is 16.3 Å². The molecule has 20 heavy (non-hydrogen) atoms. The van der Waals surface area contributed by atoms with Crippen molar-refractivity contribution in [3.05, 3.63) is 28.8 Å². The molecule has 1 aromatic rings. The smallest absolute Gasteiger partial charge is 0.339 e. The van der Waals surface area contributed by atoms with Gasteiger partial charge in [-0.3, -0.25) is 4.72 Å². The van der Waals surface area contributed by atoms with Gasteiger partial charge in [-0.2, -0.15) is 0 Å². The van der Waals surface area contributed by atoms with Gasteiger partial charge in [0.1, 0.15) is 5.56 Å². The Balaban J connectivity index is 2.29. The van der Waals surface area contributed by atoms with Crippen LogP contribution < -0.4 is 4.72 Å². The molecule has 0 saturated heterocycles. The van der Waals surface area contributed by atoms with Gasteiger partial charge in [0, 0.05) is 0 Å². The van der Waals surface area contributed by atoms with Crippen LogP contribution in [0.1, 0.15) is 42.5 Å². The second-order valence-corrected chi connectivity index (χ2v) is 7.24. The van der Waals surface area contributed by atoms with Crippen molar-refractivity contribution in [3.8, 4) is 0 Å². The molecule has 1 aliphatic carbocycles. The molecule has 7 heteroatoms. The highest BCUT2D eigenvalue weighted by Crippen LogP contribution is 2.29.